The fraction of sp³-hybridized carbons (Fsp3) is 0.385. The number of hydrogen-bond donors (Lipinski definition) is 2. The fourth-order valence-electron chi connectivity index (χ4n) is 1.80. The molecular weight excluding hydrogens is 248 g/mol. The third-order valence-electron chi connectivity index (χ3n) is 2.73. The molecule has 1 aromatic carbocycles. The van der Waals surface area contributed by atoms with Gasteiger partial charge in [-0.25, -0.2) is 0 Å². The number of primary amides is 1. The van der Waals surface area contributed by atoms with Crippen LogP contribution in [0.25, 0.3) is 0 Å². The lowest BCUT2D eigenvalue weighted by molar-refractivity contribution is -0.124. The van der Waals surface area contributed by atoms with Crippen molar-refractivity contribution in [2.75, 3.05) is 18.5 Å². The van der Waals surface area contributed by atoms with Crippen molar-refractivity contribution in [1.29, 1.82) is 0 Å². The van der Waals surface area contributed by atoms with E-state index >= 15 is 0 Å². The van der Waals surface area contributed by atoms with Gasteiger partial charge in [0.1, 0.15) is 11.9 Å². The van der Waals surface area contributed by atoms with E-state index in [0.717, 1.165) is 12.8 Å². The molecule has 1 aromatic rings. The van der Waals surface area contributed by atoms with Crippen molar-refractivity contribution in [2.24, 2.45) is 5.73 Å². The Morgan fingerprint density at radius 1 is 1.37 bits per heavy atom. The quantitative estimate of drug-likeness (QED) is 0.817. The normalized spacial score (nSPS) is 18.0. The minimum Gasteiger partial charge on any atom is -0.484 e. The molecule has 2 amide bonds. The van der Waals surface area contributed by atoms with Crippen LogP contribution < -0.4 is 15.8 Å². The van der Waals surface area contributed by atoms with Crippen LogP contribution in [0.5, 0.6) is 5.75 Å². The molecule has 2 rings (SSSR count). The minimum atomic E-state index is -0.532. The van der Waals surface area contributed by atoms with Crippen molar-refractivity contribution < 1.29 is 19.1 Å². The Kier molecular flexibility index (Phi) is 4.35. The van der Waals surface area contributed by atoms with Gasteiger partial charge in [-0.1, -0.05) is 0 Å². The highest BCUT2D eigenvalue weighted by atomic mass is 16.5. The number of nitrogens with two attached hydrogens (primary N) is 1. The summed E-state index contributed by atoms with van der Waals surface area (Å²) in [5.41, 5.74) is 5.63. The molecular formula is C13H16N2O4. The van der Waals surface area contributed by atoms with Crippen LogP contribution in [0.3, 0.4) is 0 Å². The van der Waals surface area contributed by atoms with Crippen LogP contribution >= 0.6 is 0 Å². The van der Waals surface area contributed by atoms with E-state index in [1.165, 1.54) is 0 Å². The topological polar surface area (TPSA) is 90.7 Å². The van der Waals surface area contributed by atoms with Gasteiger partial charge in [-0.2, -0.15) is 0 Å². The Hall–Kier alpha value is -2.08. The highest BCUT2D eigenvalue weighted by Gasteiger charge is 2.23. The number of nitrogens with one attached hydrogen (secondary N) is 1. The van der Waals surface area contributed by atoms with Crippen molar-refractivity contribution in [3.05, 3.63) is 24.3 Å². The second-order valence-corrected chi connectivity index (χ2v) is 4.27. The Bertz CT molecular complexity index is 452. The first-order valence-electron chi connectivity index (χ1n) is 6.09. The zero-order chi connectivity index (χ0) is 13.7. The summed E-state index contributed by atoms with van der Waals surface area (Å²) >= 11 is 0. The van der Waals surface area contributed by atoms with Crippen LogP contribution in [0.1, 0.15) is 12.8 Å². The molecule has 0 bridgehead atoms. The zero-order valence-electron chi connectivity index (χ0n) is 10.4. The number of hydrogen-bond acceptors (Lipinski definition) is 4. The van der Waals surface area contributed by atoms with Crippen molar-refractivity contribution in [1.82, 2.24) is 0 Å². The lowest BCUT2D eigenvalue weighted by Gasteiger charge is -2.11. The summed E-state index contributed by atoms with van der Waals surface area (Å²) in [5.74, 6) is -0.145. The molecule has 0 radical (unpaired) electrons. The monoisotopic (exact) mass is 264 g/mol. The molecule has 0 unspecified atom stereocenters. The number of carbonyl (C=O) groups is 2. The molecule has 1 atom stereocenters. The summed E-state index contributed by atoms with van der Waals surface area (Å²) in [6.45, 7) is 0.472. The molecule has 0 saturated carbocycles. The minimum absolute atomic E-state index is 0.136. The number of ether oxygens (including phenoxy) is 2. The second kappa shape index (κ2) is 6.19. The van der Waals surface area contributed by atoms with Crippen LogP contribution in [0.15, 0.2) is 24.3 Å². The van der Waals surface area contributed by atoms with E-state index < -0.39 is 5.91 Å². The van der Waals surface area contributed by atoms with Gasteiger partial charge in [0.05, 0.1) is 0 Å². The van der Waals surface area contributed by atoms with E-state index in [1.807, 2.05) is 0 Å². The number of carbonyl (C=O) groups excluding carboxylic acids is 2. The Morgan fingerprint density at radius 3 is 2.68 bits per heavy atom. The van der Waals surface area contributed by atoms with Crippen molar-refractivity contribution in [3.8, 4) is 5.75 Å². The Labute approximate surface area is 110 Å². The van der Waals surface area contributed by atoms with Gasteiger partial charge >= 0.3 is 0 Å². The number of rotatable bonds is 5. The maximum atomic E-state index is 11.8. The Balaban J connectivity index is 1.87. The molecule has 6 heteroatoms. The summed E-state index contributed by atoms with van der Waals surface area (Å²) in [6.07, 6.45) is 1.31. The molecule has 1 aliphatic rings. The van der Waals surface area contributed by atoms with Gasteiger partial charge in [-0.3, -0.25) is 9.59 Å². The third kappa shape index (κ3) is 3.96. The third-order valence-corrected chi connectivity index (χ3v) is 2.73. The molecule has 0 aliphatic carbocycles. The first-order chi connectivity index (χ1) is 9.15. The molecule has 19 heavy (non-hydrogen) atoms. The highest BCUT2D eigenvalue weighted by molar-refractivity contribution is 5.94. The molecule has 1 aliphatic heterocycles. The smallest absolute Gasteiger partial charge is 0.255 e. The zero-order valence-corrected chi connectivity index (χ0v) is 10.4. The van der Waals surface area contributed by atoms with Crippen LogP contribution in [0, 0.1) is 0 Å². The average Bonchev–Trinajstić information content (AvgIpc) is 2.92. The van der Waals surface area contributed by atoms with Gasteiger partial charge in [0.2, 0.25) is 0 Å². The average molecular weight is 264 g/mol. The maximum Gasteiger partial charge on any atom is 0.255 e. The largest absolute Gasteiger partial charge is 0.484 e. The van der Waals surface area contributed by atoms with Crippen LogP contribution in [0.2, 0.25) is 0 Å². The number of amides is 2. The Morgan fingerprint density at radius 2 is 2.11 bits per heavy atom. The van der Waals surface area contributed by atoms with Crippen molar-refractivity contribution in [2.45, 2.75) is 18.9 Å². The van der Waals surface area contributed by atoms with E-state index in [2.05, 4.69) is 5.32 Å². The summed E-state index contributed by atoms with van der Waals surface area (Å²) in [6, 6.07) is 6.72. The predicted molar refractivity (Wildman–Crippen MR) is 68.7 cm³/mol. The van der Waals surface area contributed by atoms with E-state index in [9.17, 15) is 9.59 Å². The molecule has 1 fully saturated rings. The number of anilines is 1. The van der Waals surface area contributed by atoms with Gasteiger partial charge in [-0.15, -0.1) is 0 Å². The number of benzene rings is 1. The summed E-state index contributed by atoms with van der Waals surface area (Å²) in [7, 11) is 0. The second-order valence-electron chi connectivity index (χ2n) is 4.27. The summed E-state index contributed by atoms with van der Waals surface area (Å²) < 4.78 is 10.4. The van der Waals surface area contributed by atoms with Gasteiger partial charge in [-0.05, 0) is 37.1 Å². The molecule has 0 aromatic heterocycles. The van der Waals surface area contributed by atoms with Crippen LogP contribution in [-0.2, 0) is 14.3 Å². The van der Waals surface area contributed by atoms with Gasteiger partial charge < -0.3 is 20.5 Å². The van der Waals surface area contributed by atoms with E-state index in [0.29, 0.717) is 18.0 Å². The molecule has 1 saturated heterocycles. The van der Waals surface area contributed by atoms with Crippen molar-refractivity contribution >= 4 is 17.5 Å². The molecule has 3 N–H and O–H groups in total. The summed E-state index contributed by atoms with van der Waals surface area (Å²) in [4.78, 5) is 22.3. The van der Waals surface area contributed by atoms with E-state index in [1.54, 1.807) is 24.3 Å². The van der Waals surface area contributed by atoms with Crippen LogP contribution in [0.4, 0.5) is 5.69 Å². The summed E-state index contributed by atoms with van der Waals surface area (Å²) in [5, 5.41) is 2.76. The fourth-order valence-corrected chi connectivity index (χ4v) is 1.80. The first-order valence-corrected chi connectivity index (χ1v) is 6.09. The first kappa shape index (κ1) is 13.4. The van der Waals surface area contributed by atoms with E-state index in [4.69, 9.17) is 15.2 Å². The molecule has 0 spiro atoms. The molecule has 102 valence electrons. The highest BCUT2D eigenvalue weighted by Crippen LogP contribution is 2.18. The standard InChI is InChI=1S/C13H16N2O4/c14-12(16)8-19-10-5-3-9(4-6-10)15-13(17)11-2-1-7-18-11/h3-6,11H,1-2,7-8H2,(H2,14,16)(H,15,17)/t11-/m0/s1. The van der Waals surface area contributed by atoms with Gasteiger partial charge in [0.15, 0.2) is 6.61 Å². The maximum absolute atomic E-state index is 11.8. The predicted octanol–water partition coefficient (Wildman–Crippen LogP) is 0.668. The van der Waals surface area contributed by atoms with Gasteiger partial charge in [0, 0.05) is 12.3 Å². The van der Waals surface area contributed by atoms with Crippen LogP contribution in [-0.4, -0.2) is 31.1 Å². The van der Waals surface area contributed by atoms with E-state index in [-0.39, 0.29) is 18.6 Å². The molecule has 1 heterocycles. The SMILES string of the molecule is NC(=O)COc1ccc(NC(=O)[C@@H]2CCCO2)cc1. The molecule has 6 nitrogen and oxygen atoms in total. The lowest BCUT2D eigenvalue weighted by Crippen LogP contribution is -2.26. The van der Waals surface area contributed by atoms with Crippen molar-refractivity contribution in [3.63, 3.8) is 0 Å². The van der Waals surface area contributed by atoms with Gasteiger partial charge in [0.25, 0.3) is 11.8 Å². The lowest BCUT2D eigenvalue weighted by atomic mass is 10.2.